The van der Waals surface area contributed by atoms with Gasteiger partial charge in [-0.25, -0.2) is 4.79 Å². The molecule has 5 aromatic rings. The van der Waals surface area contributed by atoms with Gasteiger partial charge in [0.2, 0.25) is 5.91 Å². The van der Waals surface area contributed by atoms with Crippen molar-refractivity contribution in [1.29, 1.82) is 0 Å². The van der Waals surface area contributed by atoms with Crippen molar-refractivity contribution in [2.24, 2.45) is 0 Å². The van der Waals surface area contributed by atoms with E-state index in [1.165, 1.54) is 11.3 Å². The molecule has 0 fully saturated rings. The summed E-state index contributed by atoms with van der Waals surface area (Å²) in [5.74, 6) is -0.444. The Morgan fingerprint density at radius 1 is 0.902 bits per heavy atom. The highest BCUT2D eigenvalue weighted by molar-refractivity contribution is 7.16. The number of hydrogen-bond donors (Lipinski definition) is 1. The van der Waals surface area contributed by atoms with Gasteiger partial charge in [-0.05, 0) is 49.2 Å². The number of fused-ring (bicyclic) bond motifs is 1. The van der Waals surface area contributed by atoms with Crippen molar-refractivity contribution >= 4 is 39.0 Å². The third kappa shape index (κ3) is 6.05. The minimum Gasteiger partial charge on any atom is -0.494 e. The van der Waals surface area contributed by atoms with Gasteiger partial charge in [-0.1, -0.05) is 60.7 Å². The first-order valence-electron chi connectivity index (χ1n) is 13.3. The quantitative estimate of drug-likeness (QED) is 0.202. The van der Waals surface area contributed by atoms with E-state index in [0.29, 0.717) is 28.4 Å². The van der Waals surface area contributed by atoms with E-state index in [4.69, 9.17) is 9.47 Å². The van der Waals surface area contributed by atoms with Gasteiger partial charge < -0.3 is 14.8 Å². The Bertz CT molecular complexity index is 1670. The molecule has 208 valence electrons. The van der Waals surface area contributed by atoms with Crippen LogP contribution in [0.5, 0.6) is 5.75 Å². The van der Waals surface area contributed by atoms with Gasteiger partial charge in [0.05, 0.1) is 24.3 Å². The maximum Gasteiger partial charge on any atom is 0.359 e. The molecule has 0 aliphatic rings. The molecular weight excluding hydrogens is 538 g/mol. The van der Waals surface area contributed by atoms with E-state index < -0.39 is 11.5 Å². The van der Waals surface area contributed by atoms with Crippen LogP contribution in [-0.2, 0) is 9.53 Å². The molecule has 1 amide bonds. The van der Waals surface area contributed by atoms with Crippen LogP contribution in [0.3, 0.4) is 0 Å². The molecule has 0 spiro atoms. The largest absolute Gasteiger partial charge is 0.494 e. The van der Waals surface area contributed by atoms with Gasteiger partial charge in [-0.2, -0.15) is 9.78 Å². The van der Waals surface area contributed by atoms with Gasteiger partial charge >= 0.3 is 5.97 Å². The number of benzene rings is 3. The fraction of sp³-hybridized carbons (Fsp3) is 0.188. The number of nitrogens with one attached hydrogen (secondary N) is 1. The second-order valence-electron chi connectivity index (χ2n) is 9.19. The Balaban J connectivity index is 1.53. The normalized spacial score (nSPS) is 11.0. The Kier molecular flexibility index (Phi) is 8.55. The number of hydrogen-bond acceptors (Lipinski definition) is 7. The maximum atomic E-state index is 13.8. The predicted octanol–water partition coefficient (Wildman–Crippen LogP) is 6.18. The van der Waals surface area contributed by atoms with Gasteiger partial charge in [0.25, 0.3) is 5.56 Å². The van der Waals surface area contributed by atoms with Gasteiger partial charge in [0, 0.05) is 23.1 Å². The van der Waals surface area contributed by atoms with Crippen molar-refractivity contribution in [3.05, 3.63) is 117 Å². The third-order valence-electron chi connectivity index (χ3n) is 6.56. The lowest BCUT2D eigenvalue weighted by molar-refractivity contribution is -0.116. The number of rotatable bonds is 10. The van der Waals surface area contributed by atoms with Crippen LogP contribution < -0.4 is 15.6 Å². The van der Waals surface area contributed by atoms with Crippen LogP contribution in [0.4, 0.5) is 5.00 Å². The van der Waals surface area contributed by atoms with Crippen molar-refractivity contribution in [2.45, 2.75) is 26.2 Å². The molecule has 0 aliphatic heterocycles. The first-order valence-corrected chi connectivity index (χ1v) is 14.2. The summed E-state index contributed by atoms with van der Waals surface area (Å²) in [5.41, 5.74) is 2.01. The Morgan fingerprint density at radius 3 is 2.12 bits per heavy atom. The molecule has 3 aromatic carbocycles. The van der Waals surface area contributed by atoms with Gasteiger partial charge in [-0.3, -0.25) is 9.59 Å². The van der Waals surface area contributed by atoms with Crippen LogP contribution in [0.25, 0.3) is 16.5 Å². The summed E-state index contributed by atoms with van der Waals surface area (Å²) in [6.45, 7) is 4.24. The highest BCUT2D eigenvalue weighted by Gasteiger charge is 2.24. The topological polar surface area (TPSA) is 99.5 Å². The number of nitrogens with zero attached hydrogens (tertiary/aromatic N) is 2. The zero-order chi connectivity index (χ0) is 28.8. The summed E-state index contributed by atoms with van der Waals surface area (Å²) in [5, 5.41) is 9.85. The van der Waals surface area contributed by atoms with Crippen molar-refractivity contribution in [3.8, 4) is 11.4 Å². The lowest BCUT2D eigenvalue weighted by atomic mass is 9.88. The first-order chi connectivity index (χ1) is 20.0. The Morgan fingerprint density at radius 2 is 1.54 bits per heavy atom. The molecule has 0 saturated carbocycles. The Labute approximate surface area is 241 Å². The van der Waals surface area contributed by atoms with E-state index in [-0.39, 0.29) is 35.9 Å². The summed E-state index contributed by atoms with van der Waals surface area (Å²) in [7, 11) is 0. The van der Waals surface area contributed by atoms with E-state index in [0.717, 1.165) is 15.8 Å². The number of carbonyl (C=O) groups excluding carboxylic acids is 2. The summed E-state index contributed by atoms with van der Waals surface area (Å²) in [6.07, 6.45) is 0.163. The van der Waals surface area contributed by atoms with Crippen LogP contribution in [0.15, 0.2) is 95.1 Å². The highest BCUT2D eigenvalue weighted by Crippen LogP contribution is 2.33. The molecule has 2 aromatic heterocycles. The monoisotopic (exact) mass is 567 g/mol. The first kappa shape index (κ1) is 27.8. The van der Waals surface area contributed by atoms with Crippen molar-refractivity contribution in [3.63, 3.8) is 0 Å². The zero-order valence-corrected chi connectivity index (χ0v) is 23.5. The van der Waals surface area contributed by atoms with Gasteiger partial charge in [-0.15, -0.1) is 11.3 Å². The van der Waals surface area contributed by atoms with E-state index in [1.807, 2.05) is 67.6 Å². The number of thiophene rings is 1. The molecule has 0 radical (unpaired) electrons. The van der Waals surface area contributed by atoms with Gasteiger partial charge in [0.1, 0.15) is 10.8 Å². The number of amides is 1. The van der Waals surface area contributed by atoms with E-state index in [2.05, 4.69) is 10.4 Å². The van der Waals surface area contributed by atoms with Crippen LogP contribution in [0, 0.1) is 0 Å². The number of ether oxygens (including phenoxy) is 2. The number of esters is 1. The number of anilines is 1. The Hall–Kier alpha value is -4.76. The predicted molar refractivity (Wildman–Crippen MR) is 160 cm³/mol. The molecule has 41 heavy (non-hydrogen) atoms. The van der Waals surface area contributed by atoms with Crippen LogP contribution >= 0.6 is 11.3 Å². The van der Waals surface area contributed by atoms with Gasteiger partial charge in [0.15, 0.2) is 5.69 Å². The lowest BCUT2D eigenvalue weighted by Crippen LogP contribution is -2.25. The SMILES string of the molecule is CCOC(=O)c1nn(-c2ccc(OCC)cc2)c(=O)c2c(NC(=O)CC(c3ccccc3)c3ccccc3)scc12. The van der Waals surface area contributed by atoms with Crippen LogP contribution in [0.2, 0.25) is 0 Å². The number of aromatic nitrogens is 2. The molecular formula is C32H29N3O5S. The van der Waals surface area contributed by atoms with Crippen molar-refractivity contribution in [2.75, 3.05) is 18.5 Å². The fourth-order valence-corrected chi connectivity index (χ4v) is 5.63. The third-order valence-corrected chi connectivity index (χ3v) is 7.46. The molecule has 1 N–H and O–H groups in total. The summed E-state index contributed by atoms with van der Waals surface area (Å²) >= 11 is 1.17. The maximum absolute atomic E-state index is 13.8. The smallest absolute Gasteiger partial charge is 0.359 e. The molecule has 5 rings (SSSR count). The summed E-state index contributed by atoms with van der Waals surface area (Å²) < 4.78 is 11.9. The molecule has 0 bridgehead atoms. The molecule has 0 unspecified atom stereocenters. The molecule has 9 heteroatoms. The minimum absolute atomic E-state index is 0.00136. The van der Waals surface area contributed by atoms with Crippen LogP contribution in [0.1, 0.15) is 47.8 Å². The second kappa shape index (κ2) is 12.6. The zero-order valence-electron chi connectivity index (χ0n) is 22.7. The van der Waals surface area contributed by atoms with Crippen molar-refractivity contribution < 1.29 is 19.1 Å². The van der Waals surface area contributed by atoms with E-state index in [9.17, 15) is 14.4 Å². The standard InChI is InChI=1S/C32H29N3O5S/c1-3-39-24-17-15-23(16-18-24)35-31(37)28-26(29(34-35)32(38)40-4-2)20-41-30(28)33-27(36)19-25(21-11-7-5-8-12-21)22-13-9-6-10-14-22/h5-18,20,25H,3-4,19H2,1-2H3,(H,33,36). The molecule has 2 heterocycles. The van der Waals surface area contributed by atoms with Crippen molar-refractivity contribution in [1.82, 2.24) is 9.78 Å². The lowest BCUT2D eigenvalue weighted by Gasteiger charge is -2.18. The van der Waals surface area contributed by atoms with Crippen LogP contribution in [-0.4, -0.2) is 34.9 Å². The second-order valence-corrected chi connectivity index (χ2v) is 10.1. The van der Waals surface area contributed by atoms with E-state index >= 15 is 0 Å². The highest BCUT2D eigenvalue weighted by atomic mass is 32.1. The molecule has 0 atom stereocenters. The van der Waals surface area contributed by atoms with E-state index in [1.54, 1.807) is 36.6 Å². The molecule has 8 nitrogen and oxygen atoms in total. The summed E-state index contributed by atoms with van der Waals surface area (Å²) in [6, 6.07) is 26.5. The fourth-order valence-electron chi connectivity index (χ4n) is 4.68. The average Bonchev–Trinajstić information content (AvgIpc) is 3.41. The number of carbonyl (C=O) groups is 2. The minimum atomic E-state index is -0.652. The molecule has 0 saturated heterocycles. The average molecular weight is 568 g/mol. The molecule has 0 aliphatic carbocycles. The summed E-state index contributed by atoms with van der Waals surface area (Å²) in [4.78, 5) is 40.1.